The highest BCUT2D eigenvalue weighted by Crippen LogP contribution is 2.12. The van der Waals surface area contributed by atoms with Gasteiger partial charge in [-0.2, -0.15) is 0 Å². The summed E-state index contributed by atoms with van der Waals surface area (Å²) >= 11 is 0. The van der Waals surface area contributed by atoms with Crippen LogP contribution in [0.5, 0.6) is 0 Å². The Hall–Kier alpha value is -1.11. The van der Waals surface area contributed by atoms with Crippen LogP contribution in [0.2, 0.25) is 6.55 Å². The van der Waals surface area contributed by atoms with Crippen LogP contribution in [0.3, 0.4) is 0 Å². The van der Waals surface area contributed by atoms with E-state index in [1.165, 1.54) is 5.19 Å². The summed E-state index contributed by atoms with van der Waals surface area (Å²) in [4.78, 5) is 0. The van der Waals surface area contributed by atoms with E-state index in [2.05, 4.69) is 54.2 Å². The molecule has 7 heteroatoms. The van der Waals surface area contributed by atoms with Gasteiger partial charge in [-0.15, -0.1) is 0 Å². The van der Waals surface area contributed by atoms with Gasteiger partial charge in [0.1, 0.15) is 8.07 Å². The lowest BCUT2D eigenvalue weighted by atomic mass is 9.90. The van der Waals surface area contributed by atoms with Crippen molar-refractivity contribution in [1.29, 1.82) is 0 Å². The SMILES string of the molecule is C[Si](/C=C/B1OCCCO1)(/C=C/B1OCCCO1)c1ccccc1. The van der Waals surface area contributed by atoms with Gasteiger partial charge in [-0.1, -0.05) is 65.4 Å². The van der Waals surface area contributed by atoms with E-state index in [0.29, 0.717) is 0 Å². The highest BCUT2D eigenvalue weighted by atomic mass is 28.3. The van der Waals surface area contributed by atoms with Gasteiger partial charge in [-0.25, -0.2) is 0 Å². The van der Waals surface area contributed by atoms with Gasteiger partial charge in [0.15, 0.2) is 0 Å². The normalized spacial score (nSPS) is 20.2. The second-order valence-corrected chi connectivity index (χ2v) is 10.1. The van der Waals surface area contributed by atoms with Crippen molar-refractivity contribution >= 4 is 27.5 Å². The van der Waals surface area contributed by atoms with Crippen molar-refractivity contribution in [2.24, 2.45) is 0 Å². The largest absolute Gasteiger partial charge is 0.485 e. The monoisotopic (exact) mass is 342 g/mol. The Bertz CT molecular complexity index is 527. The van der Waals surface area contributed by atoms with Crippen LogP contribution in [0.25, 0.3) is 0 Å². The van der Waals surface area contributed by atoms with Crippen LogP contribution in [-0.4, -0.2) is 48.7 Å². The molecule has 4 nitrogen and oxygen atoms in total. The molecule has 1 aromatic carbocycles. The summed E-state index contributed by atoms with van der Waals surface area (Å²) in [6.07, 6.45) is 1.93. The van der Waals surface area contributed by atoms with Crippen molar-refractivity contribution in [3.05, 3.63) is 53.7 Å². The molecule has 2 heterocycles. The van der Waals surface area contributed by atoms with Crippen LogP contribution < -0.4 is 5.19 Å². The molecule has 2 aliphatic rings. The van der Waals surface area contributed by atoms with Crippen molar-refractivity contribution < 1.29 is 18.6 Å². The van der Waals surface area contributed by atoms with Crippen molar-refractivity contribution in [2.75, 3.05) is 26.4 Å². The van der Waals surface area contributed by atoms with Crippen molar-refractivity contribution in [2.45, 2.75) is 19.4 Å². The fourth-order valence-corrected chi connectivity index (χ4v) is 5.36. The maximum absolute atomic E-state index is 5.64. The molecule has 0 atom stereocenters. The molecule has 2 fully saturated rings. The molecule has 2 saturated heterocycles. The predicted molar refractivity (Wildman–Crippen MR) is 101 cm³/mol. The summed E-state index contributed by atoms with van der Waals surface area (Å²) in [7, 11) is -2.44. The van der Waals surface area contributed by atoms with Crippen molar-refractivity contribution in [1.82, 2.24) is 0 Å². The second kappa shape index (κ2) is 8.83. The Morgan fingerprint density at radius 1 is 0.792 bits per heavy atom. The summed E-state index contributed by atoms with van der Waals surface area (Å²) < 4.78 is 22.6. The Kier molecular flexibility index (Phi) is 6.51. The van der Waals surface area contributed by atoms with Crippen LogP contribution in [-0.2, 0) is 18.6 Å². The van der Waals surface area contributed by atoms with E-state index in [-0.39, 0.29) is 14.2 Å². The van der Waals surface area contributed by atoms with Crippen molar-refractivity contribution in [3.8, 4) is 0 Å². The van der Waals surface area contributed by atoms with E-state index in [0.717, 1.165) is 39.3 Å². The van der Waals surface area contributed by atoms with Crippen LogP contribution in [0.15, 0.2) is 53.7 Å². The van der Waals surface area contributed by atoms with Gasteiger partial charge in [0.2, 0.25) is 0 Å². The molecule has 126 valence electrons. The molecule has 0 radical (unpaired) electrons. The minimum atomic E-state index is -1.97. The number of hydrogen-bond donors (Lipinski definition) is 0. The Labute approximate surface area is 146 Å². The molecule has 0 aromatic heterocycles. The first-order valence-corrected chi connectivity index (χ1v) is 11.3. The van der Waals surface area contributed by atoms with Gasteiger partial charge in [0, 0.05) is 26.4 Å². The third kappa shape index (κ3) is 4.94. The molecule has 0 unspecified atom stereocenters. The molecule has 0 aliphatic carbocycles. The zero-order chi connectivity index (χ0) is 16.7. The molecule has 24 heavy (non-hydrogen) atoms. The summed E-state index contributed by atoms with van der Waals surface area (Å²) in [5.41, 5.74) is 4.55. The molecular weight excluding hydrogens is 318 g/mol. The first-order valence-electron chi connectivity index (χ1n) is 8.67. The minimum Gasteiger partial charge on any atom is -0.408 e. The highest BCUT2D eigenvalue weighted by Gasteiger charge is 2.28. The molecular formula is C17H24B2O4Si. The second-order valence-electron chi connectivity index (χ2n) is 6.29. The standard InChI is InChI=1S/C17H24B2O4Si/c1-24(17-7-3-2-4-8-17,15-9-18-20-11-5-12-21-18)16-10-19-22-13-6-14-23-19/h2-4,7-10,15-16H,5-6,11-14H2,1H3/b15-9+,16-10+. The zero-order valence-electron chi connectivity index (χ0n) is 14.2. The smallest absolute Gasteiger partial charge is 0.408 e. The van der Waals surface area contributed by atoms with E-state index < -0.39 is 8.07 Å². The summed E-state index contributed by atoms with van der Waals surface area (Å²) in [6.45, 7) is 5.35. The van der Waals surface area contributed by atoms with E-state index in [1.54, 1.807) is 0 Å². The van der Waals surface area contributed by atoms with Crippen LogP contribution in [0.4, 0.5) is 0 Å². The first kappa shape index (κ1) is 17.7. The topological polar surface area (TPSA) is 36.9 Å². The summed E-state index contributed by atoms with van der Waals surface area (Å²) in [5.74, 6) is 4.12. The van der Waals surface area contributed by atoms with Gasteiger partial charge >= 0.3 is 14.2 Å². The third-order valence-corrected chi connectivity index (χ3v) is 7.65. The number of rotatable bonds is 5. The highest BCUT2D eigenvalue weighted by molar-refractivity contribution is 6.99. The average molecular weight is 342 g/mol. The first-order chi connectivity index (χ1) is 11.8. The lowest BCUT2D eigenvalue weighted by molar-refractivity contribution is 0.142. The molecule has 0 amide bonds. The van der Waals surface area contributed by atoms with Crippen molar-refractivity contribution in [3.63, 3.8) is 0 Å². The summed E-state index contributed by atoms with van der Waals surface area (Å²) in [6, 6.07) is 10.6. The minimum absolute atomic E-state index is 0.232. The quantitative estimate of drug-likeness (QED) is 0.768. The number of hydrogen-bond acceptors (Lipinski definition) is 4. The van der Waals surface area contributed by atoms with Gasteiger partial charge in [0.05, 0.1) is 0 Å². The van der Waals surface area contributed by atoms with E-state index in [9.17, 15) is 0 Å². The zero-order valence-corrected chi connectivity index (χ0v) is 15.2. The molecule has 0 saturated carbocycles. The Morgan fingerprint density at radius 2 is 1.25 bits per heavy atom. The maximum Gasteiger partial charge on any atom is 0.485 e. The van der Waals surface area contributed by atoms with Gasteiger partial charge in [0.25, 0.3) is 0 Å². The fourth-order valence-electron chi connectivity index (χ4n) is 2.84. The molecule has 2 aliphatic heterocycles. The molecule has 0 bridgehead atoms. The van der Waals surface area contributed by atoms with Crippen LogP contribution >= 0.6 is 0 Å². The lowest BCUT2D eigenvalue weighted by Gasteiger charge is -2.23. The predicted octanol–water partition coefficient (Wildman–Crippen LogP) is 2.09. The lowest BCUT2D eigenvalue weighted by Crippen LogP contribution is -2.43. The van der Waals surface area contributed by atoms with Gasteiger partial charge in [-0.3, -0.25) is 0 Å². The average Bonchev–Trinajstić information content (AvgIpc) is 2.67. The molecule has 0 spiro atoms. The number of benzene rings is 1. The fraction of sp³-hybridized carbons (Fsp3) is 0.412. The van der Waals surface area contributed by atoms with Crippen LogP contribution in [0, 0.1) is 0 Å². The Balaban J connectivity index is 1.77. The van der Waals surface area contributed by atoms with E-state index in [1.807, 2.05) is 6.07 Å². The van der Waals surface area contributed by atoms with E-state index >= 15 is 0 Å². The third-order valence-electron chi connectivity index (χ3n) is 4.30. The van der Waals surface area contributed by atoms with Crippen LogP contribution in [0.1, 0.15) is 12.8 Å². The maximum atomic E-state index is 5.64. The summed E-state index contributed by atoms with van der Waals surface area (Å²) in [5, 5.41) is 1.34. The molecule has 3 rings (SSSR count). The van der Waals surface area contributed by atoms with E-state index in [4.69, 9.17) is 18.6 Å². The van der Waals surface area contributed by atoms with Gasteiger partial charge < -0.3 is 18.6 Å². The molecule has 1 aromatic rings. The van der Waals surface area contributed by atoms with Gasteiger partial charge in [-0.05, 0) is 12.8 Å². The molecule has 0 N–H and O–H groups in total. The Morgan fingerprint density at radius 3 is 1.71 bits per heavy atom.